The van der Waals surface area contributed by atoms with Crippen LogP contribution < -0.4 is 10.6 Å². The summed E-state index contributed by atoms with van der Waals surface area (Å²) in [5.41, 5.74) is -0.627. The van der Waals surface area contributed by atoms with Crippen LogP contribution in [0.5, 0.6) is 0 Å². The normalized spacial score (nSPS) is 24.7. The van der Waals surface area contributed by atoms with Crippen molar-refractivity contribution in [2.24, 2.45) is 0 Å². The van der Waals surface area contributed by atoms with E-state index in [-0.39, 0.29) is 5.91 Å². The van der Waals surface area contributed by atoms with Gasteiger partial charge in [0.15, 0.2) is 0 Å². The van der Waals surface area contributed by atoms with E-state index in [0.29, 0.717) is 13.2 Å². The number of ether oxygens (including phenoxy) is 1. The number of aliphatic hydroxyl groups is 1. The van der Waals surface area contributed by atoms with Crippen molar-refractivity contribution in [3.8, 4) is 0 Å². The summed E-state index contributed by atoms with van der Waals surface area (Å²) < 4.78 is 5.31. The lowest BCUT2D eigenvalue weighted by atomic mass is 9.98. The van der Waals surface area contributed by atoms with Crippen molar-refractivity contribution < 1.29 is 14.6 Å². The molecule has 5 heteroatoms. The summed E-state index contributed by atoms with van der Waals surface area (Å²) in [7, 11) is 0. The van der Waals surface area contributed by atoms with Crippen LogP contribution in [0.25, 0.3) is 0 Å². The van der Waals surface area contributed by atoms with Crippen LogP contribution in [0.3, 0.4) is 0 Å². The van der Waals surface area contributed by atoms with Crippen LogP contribution in [0.15, 0.2) is 0 Å². The van der Waals surface area contributed by atoms with Gasteiger partial charge in [-0.1, -0.05) is 0 Å². The van der Waals surface area contributed by atoms with Crippen LogP contribution >= 0.6 is 0 Å². The Morgan fingerprint density at radius 1 is 1.67 bits per heavy atom. The first-order valence-electron chi connectivity index (χ1n) is 5.26. The molecule has 0 radical (unpaired) electrons. The van der Waals surface area contributed by atoms with Gasteiger partial charge in [0, 0.05) is 13.1 Å². The zero-order valence-corrected chi connectivity index (χ0v) is 9.54. The number of hydrogen-bond donors (Lipinski definition) is 3. The van der Waals surface area contributed by atoms with Gasteiger partial charge in [-0.15, -0.1) is 0 Å². The van der Waals surface area contributed by atoms with Gasteiger partial charge in [-0.25, -0.2) is 0 Å². The molecule has 1 aliphatic rings. The molecule has 0 saturated carbocycles. The molecule has 15 heavy (non-hydrogen) atoms. The number of morpholine rings is 1. The van der Waals surface area contributed by atoms with E-state index in [1.807, 2.05) is 0 Å². The first kappa shape index (κ1) is 12.4. The molecular formula is C10H20N2O3. The third-order valence-electron chi connectivity index (χ3n) is 2.71. The van der Waals surface area contributed by atoms with Crippen molar-refractivity contribution in [2.45, 2.75) is 38.5 Å². The van der Waals surface area contributed by atoms with Crippen LogP contribution in [0.4, 0.5) is 0 Å². The largest absolute Gasteiger partial charge is 0.391 e. The van der Waals surface area contributed by atoms with Crippen molar-refractivity contribution in [1.82, 2.24) is 10.6 Å². The molecule has 0 aliphatic carbocycles. The number of rotatable bonds is 3. The smallest absolute Gasteiger partial charge is 0.250 e. The van der Waals surface area contributed by atoms with Gasteiger partial charge in [-0.3, -0.25) is 4.79 Å². The van der Waals surface area contributed by atoms with Crippen molar-refractivity contribution in [3.05, 3.63) is 0 Å². The molecule has 1 fully saturated rings. The van der Waals surface area contributed by atoms with Crippen molar-refractivity contribution >= 4 is 5.91 Å². The fourth-order valence-electron chi connectivity index (χ4n) is 1.24. The molecule has 0 spiro atoms. The fraction of sp³-hybridized carbons (Fsp3) is 0.900. The van der Waals surface area contributed by atoms with Crippen molar-refractivity contribution in [1.29, 1.82) is 0 Å². The summed E-state index contributed by atoms with van der Waals surface area (Å²) >= 11 is 0. The van der Waals surface area contributed by atoms with E-state index in [1.165, 1.54) is 0 Å². The van der Waals surface area contributed by atoms with Gasteiger partial charge in [-0.05, 0) is 20.8 Å². The summed E-state index contributed by atoms with van der Waals surface area (Å²) in [6.45, 7) is 7.08. The molecule has 0 aromatic heterocycles. The highest BCUT2D eigenvalue weighted by Crippen LogP contribution is 2.09. The number of nitrogens with one attached hydrogen (secondary N) is 2. The molecule has 1 amide bonds. The second-order valence-corrected chi connectivity index (χ2v) is 4.45. The zero-order valence-electron chi connectivity index (χ0n) is 9.54. The molecule has 1 saturated heterocycles. The molecule has 1 rings (SSSR count). The minimum Gasteiger partial charge on any atom is -0.391 e. The highest BCUT2D eigenvalue weighted by molar-refractivity contribution is 5.81. The van der Waals surface area contributed by atoms with Gasteiger partial charge in [0.2, 0.25) is 0 Å². The molecule has 0 aromatic rings. The molecule has 0 aromatic carbocycles. The van der Waals surface area contributed by atoms with Gasteiger partial charge >= 0.3 is 0 Å². The summed E-state index contributed by atoms with van der Waals surface area (Å²) in [6.07, 6.45) is -1.05. The van der Waals surface area contributed by atoms with Gasteiger partial charge in [-0.2, -0.15) is 0 Å². The Hall–Kier alpha value is -0.650. The average Bonchev–Trinajstić information content (AvgIpc) is 2.18. The Balaban J connectivity index is 2.47. The van der Waals surface area contributed by atoms with E-state index < -0.39 is 17.7 Å². The maximum absolute atomic E-state index is 11.7. The van der Waals surface area contributed by atoms with Crippen molar-refractivity contribution in [3.63, 3.8) is 0 Å². The van der Waals surface area contributed by atoms with E-state index in [1.54, 1.807) is 20.8 Å². The van der Waals surface area contributed by atoms with Gasteiger partial charge in [0.1, 0.15) is 6.10 Å². The van der Waals surface area contributed by atoms with Gasteiger partial charge < -0.3 is 20.5 Å². The number of carbonyl (C=O) groups is 1. The Morgan fingerprint density at radius 3 is 2.80 bits per heavy atom. The third-order valence-corrected chi connectivity index (χ3v) is 2.71. The zero-order chi connectivity index (χ0) is 11.5. The lowest BCUT2D eigenvalue weighted by molar-refractivity contribution is -0.137. The second kappa shape index (κ2) is 4.92. The predicted molar refractivity (Wildman–Crippen MR) is 56.5 cm³/mol. The first-order valence-corrected chi connectivity index (χ1v) is 5.26. The minimum atomic E-state index is -0.627. The lowest BCUT2D eigenvalue weighted by Crippen LogP contribution is -2.57. The molecule has 2 atom stereocenters. The van der Waals surface area contributed by atoms with Crippen LogP contribution in [-0.4, -0.2) is 48.5 Å². The van der Waals surface area contributed by atoms with Gasteiger partial charge in [0.05, 0.1) is 18.2 Å². The number of carbonyl (C=O) groups excluding carboxylic acids is 1. The van der Waals surface area contributed by atoms with E-state index in [9.17, 15) is 9.90 Å². The highest BCUT2D eigenvalue weighted by Gasteiger charge is 2.30. The highest BCUT2D eigenvalue weighted by atomic mass is 16.5. The van der Waals surface area contributed by atoms with E-state index >= 15 is 0 Å². The van der Waals surface area contributed by atoms with Crippen LogP contribution in [0.2, 0.25) is 0 Å². The summed E-state index contributed by atoms with van der Waals surface area (Å²) in [5.74, 6) is -0.173. The van der Waals surface area contributed by atoms with Crippen molar-refractivity contribution in [2.75, 3.05) is 19.7 Å². The summed E-state index contributed by atoms with van der Waals surface area (Å²) in [5, 5.41) is 15.3. The Kier molecular flexibility index (Phi) is 4.07. The number of amides is 1. The molecule has 0 bridgehead atoms. The second-order valence-electron chi connectivity index (χ2n) is 4.45. The molecule has 88 valence electrons. The minimum absolute atomic E-state index is 0.173. The Labute approximate surface area is 90.2 Å². The maximum Gasteiger partial charge on any atom is 0.250 e. The van der Waals surface area contributed by atoms with Crippen LogP contribution in [0, 0.1) is 0 Å². The lowest BCUT2D eigenvalue weighted by Gasteiger charge is -2.32. The Bertz CT molecular complexity index is 223. The molecule has 1 heterocycles. The maximum atomic E-state index is 11.7. The molecule has 3 N–H and O–H groups in total. The summed E-state index contributed by atoms with van der Waals surface area (Å²) in [6, 6.07) is 0. The first-order chi connectivity index (χ1) is 6.93. The number of aliphatic hydroxyl groups excluding tert-OH is 1. The molecular weight excluding hydrogens is 196 g/mol. The predicted octanol–water partition coefficient (Wildman–Crippen LogP) is -0.750. The molecule has 1 aliphatic heterocycles. The molecule has 2 unspecified atom stereocenters. The SMILES string of the molecule is CC(O)C(C)(C)NC(=O)C1CNCCO1. The van der Waals surface area contributed by atoms with E-state index in [4.69, 9.17) is 4.74 Å². The Morgan fingerprint density at radius 2 is 2.33 bits per heavy atom. The van der Waals surface area contributed by atoms with Gasteiger partial charge in [0.25, 0.3) is 5.91 Å². The summed E-state index contributed by atoms with van der Waals surface area (Å²) in [4.78, 5) is 11.7. The van der Waals surface area contributed by atoms with E-state index in [2.05, 4.69) is 10.6 Å². The number of hydrogen-bond acceptors (Lipinski definition) is 4. The fourth-order valence-corrected chi connectivity index (χ4v) is 1.24. The quantitative estimate of drug-likeness (QED) is 0.580. The van der Waals surface area contributed by atoms with Crippen LogP contribution in [-0.2, 0) is 9.53 Å². The standard InChI is InChI=1S/C10H20N2O3/c1-7(13)10(2,3)12-9(14)8-6-11-4-5-15-8/h7-8,11,13H,4-6H2,1-3H3,(H,12,14). The monoisotopic (exact) mass is 216 g/mol. The third kappa shape index (κ3) is 3.44. The van der Waals surface area contributed by atoms with E-state index in [0.717, 1.165) is 6.54 Å². The molecule has 5 nitrogen and oxygen atoms in total. The van der Waals surface area contributed by atoms with Crippen LogP contribution in [0.1, 0.15) is 20.8 Å². The average molecular weight is 216 g/mol. The topological polar surface area (TPSA) is 70.6 Å².